The largest absolute Gasteiger partial charge is 0.496 e. The molecule has 38 heavy (non-hydrogen) atoms. The average molecular weight is 535 g/mol. The van der Waals surface area contributed by atoms with E-state index in [1.54, 1.807) is 7.11 Å². The maximum Gasteiger partial charge on any atom is 0.122 e. The zero-order chi connectivity index (χ0) is 28.7. The summed E-state index contributed by atoms with van der Waals surface area (Å²) >= 11 is 0. The Kier molecular flexibility index (Phi) is 14.8. The zero-order valence-corrected chi connectivity index (χ0v) is 26.1. The summed E-state index contributed by atoms with van der Waals surface area (Å²) in [5.41, 5.74) is 7.44. The highest BCUT2D eigenvalue weighted by atomic mass is 32.2. The standard InChI is InChI=1S/C21H28OS.C12H16O.C2H6/c1-5-15-23(22,21-13-9-18(6-2)10-14-21)16-19-7-11-20(12-8-19)17(3)4;1-5-10-7-11(6-2)9(3)12(8-10)13-4;1-2/h7-15,17H,5-6,16H2,1-4H3;5,7-8H,1,6H2,2-4H3;1-2H3. The maximum atomic E-state index is 13.5. The van der Waals surface area contributed by atoms with E-state index in [2.05, 4.69) is 90.6 Å². The van der Waals surface area contributed by atoms with Gasteiger partial charge in [0, 0.05) is 20.2 Å². The summed E-state index contributed by atoms with van der Waals surface area (Å²) in [6, 6.07) is 21.0. The van der Waals surface area contributed by atoms with Crippen molar-refractivity contribution in [3.8, 4) is 5.75 Å². The minimum Gasteiger partial charge on any atom is -0.496 e. The smallest absolute Gasteiger partial charge is 0.122 e. The van der Waals surface area contributed by atoms with Gasteiger partial charge in [-0.2, -0.15) is 0 Å². The lowest BCUT2D eigenvalue weighted by molar-refractivity contribution is 0.411. The van der Waals surface area contributed by atoms with Gasteiger partial charge in [-0.1, -0.05) is 104 Å². The number of hydrogen-bond acceptors (Lipinski definition) is 2. The molecule has 0 saturated carbocycles. The van der Waals surface area contributed by atoms with Crippen LogP contribution >= 0.6 is 0 Å². The fraction of sp³-hybridized carbons (Fsp3) is 0.400. The van der Waals surface area contributed by atoms with E-state index in [1.807, 2.05) is 43.5 Å². The molecule has 0 saturated heterocycles. The Morgan fingerprint density at radius 3 is 1.92 bits per heavy atom. The summed E-state index contributed by atoms with van der Waals surface area (Å²) in [5, 5.41) is 1.99. The highest BCUT2D eigenvalue weighted by molar-refractivity contribution is 8.00. The van der Waals surface area contributed by atoms with E-state index in [9.17, 15) is 4.21 Å². The van der Waals surface area contributed by atoms with Gasteiger partial charge in [0.15, 0.2) is 0 Å². The first-order chi connectivity index (χ1) is 18.2. The molecule has 208 valence electrons. The van der Waals surface area contributed by atoms with Crippen molar-refractivity contribution >= 4 is 21.0 Å². The van der Waals surface area contributed by atoms with E-state index in [0.717, 1.165) is 41.0 Å². The molecule has 3 aromatic rings. The third-order valence-electron chi connectivity index (χ3n) is 6.52. The van der Waals surface area contributed by atoms with Crippen LogP contribution in [0.5, 0.6) is 5.75 Å². The lowest BCUT2D eigenvalue weighted by atomic mass is 10.0. The first-order valence-corrected chi connectivity index (χ1v) is 15.8. The maximum absolute atomic E-state index is 13.5. The van der Waals surface area contributed by atoms with Crippen LogP contribution in [0.2, 0.25) is 0 Å². The molecule has 0 bridgehead atoms. The summed E-state index contributed by atoms with van der Waals surface area (Å²) in [7, 11) is -0.451. The molecule has 2 nitrogen and oxygen atoms in total. The molecule has 0 amide bonds. The van der Waals surface area contributed by atoms with Crippen LogP contribution in [0.15, 0.2) is 72.1 Å². The van der Waals surface area contributed by atoms with Crippen molar-refractivity contribution in [1.29, 1.82) is 0 Å². The van der Waals surface area contributed by atoms with Crippen LogP contribution in [-0.2, 0) is 28.1 Å². The third kappa shape index (κ3) is 9.51. The van der Waals surface area contributed by atoms with Crippen LogP contribution in [0.3, 0.4) is 0 Å². The van der Waals surface area contributed by atoms with Crippen LogP contribution < -0.4 is 4.74 Å². The topological polar surface area (TPSA) is 26.3 Å². The number of ether oxygens (including phenoxy) is 1. The van der Waals surface area contributed by atoms with Gasteiger partial charge in [0.1, 0.15) is 5.75 Å². The lowest BCUT2D eigenvalue weighted by Crippen LogP contribution is -2.09. The van der Waals surface area contributed by atoms with Gasteiger partial charge in [-0.25, -0.2) is 0 Å². The predicted molar refractivity (Wildman–Crippen MR) is 171 cm³/mol. The van der Waals surface area contributed by atoms with Gasteiger partial charge in [0.25, 0.3) is 0 Å². The van der Waals surface area contributed by atoms with Crippen LogP contribution in [0.25, 0.3) is 6.08 Å². The van der Waals surface area contributed by atoms with Gasteiger partial charge in [-0.05, 0) is 89.1 Å². The Morgan fingerprint density at radius 1 is 0.895 bits per heavy atom. The Bertz CT molecular complexity index is 1200. The van der Waals surface area contributed by atoms with Gasteiger partial charge < -0.3 is 4.74 Å². The molecule has 0 aliphatic heterocycles. The molecule has 0 aliphatic rings. The Morgan fingerprint density at radius 2 is 1.47 bits per heavy atom. The molecule has 0 spiro atoms. The molecule has 3 heteroatoms. The van der Waals surface area contributed by atoms with E-state index in [1.165, 1.54) is 22.3 Å². The van der Waals surface area contributed by atoms with E-state index >= 15 is 0 Å². The molecule has 0 heterocycles. The number of rotatable bonds is 9. The van der Waals surface area contributed by atoms with Gasteiger partial charge in [0.05, 0.1) is 7.11 Å². The minimum atomic E-state index is -2.15. The fourth-order valence-corrected chi connectivity index (χ4v) is 6.48. The molecule has 0 aromatic heterocycles. The van der Waals surface area contributed by atoms with Crippen molar-refractivity contribution < 1.29 is 8.95 Å². The van der Waals surface area contributed by atoms with Crippen molar-refractivity contribution in [2.45, 2.75) is 91.2 Å². The van der Waals surface area contributed by atoms with Crippen molar-refractivity contribution in [2.24, 2.45) is 0 Å². The third-order valence-corrected chi connectivity index (χ3v) is 9.22. The van der Waals surface area contributed by atoms with Gasteiger partial charge in [-0.3, -0.25) is 4.21 Å². The van der Waals surface area contributed by atoms with Crippen LogP contribution in [-0.4, -0.2) is 16.7 Å². The van der Waals surface area contributed by atoms with Gasteiger partial charge >= 0.3 is 0 Å². The summed E-state index contributed by atoms with van der Waals surface area (Å²) in [4.78, 5) is 0.949. The molecule has 0 fully saturated rings. The summed E-state index contributed by atoms with van der Waals surface area (Å²) < 4.78 is 18.8. The normalized spacial score (nSPS) is 11.8. The molecule has 1 atom stereocenters. The molecule has 1 unspecified atom stereocenters. The van der Waals surface area contributed by atoms with E-state index < -0.39 is 9.52 Å². The minimum absolute atomic E-state index is 0.525. The number of methoxy groups -OCH3 is 1. The van der Waals surface area contributed by atoms with Crippen LogP contribution in [0, 0.1) is 6.92 Å². The van der Waals surface area contributed by atoms with Gasteiger partial charge in [0.2, 0.25) is 0 Å². The Hall–Kier alpha value is -2.78. The fourth-order valence-electron chi connectivity index (χ4n) is 4.18. The summed E-state index contributed by atoms with van der Waals surface area (Å²) in [5.74, 6) is 2.07. The summed E-state index contributed by atoms with van der Waals surface area (Å²) in [6.07, 6.45) is 4.71. The van der Waals surface area contributed by atoms with Crippen molar-refractivity contribution in [3.63, 3.8) is 0 Å². The Balaban J connectivity index is 0.000000408. The van der Waals surface area contributed by atoms with Crippen LogP contribution in [0.4, 0.5) is 0 Å². The second-order valence-corrected chi connectivity index (χ2v) is 12.0. The van der Waals surface area contributed by atoms with E-state index in [-0.39, 0.29) is 0 Å². The molecular formula is C35H50O2S. The zero-order valence-electron chi connectivity index (χ0n) is 25.3. The molecule has 3 aromatic carbocycles. The van der Waals surface area contributed by atoms with Gasteiger partial charge in [-0.15, -0.1) is 0 Å². The lowest BCUT2D eigenvalue weighted by Gasteiger charge is -2.13. The van der Waals surface area contributed by atoms with Crippen LogP contribution in [0.1, 0.15) is 94.2 Å². The van der Waals surface area contributed by atoms with E-state index in [4.69, 9.17) is 4.74 Å². The number of aryl methyl sites for hydroxylation is 2. The first kappa shape index (κ1) is 33.2. The average Bonchev–Trinajstić information content (AvgIpc) is 2.95. The second-order valence-electron chi connectivity index (χ2n) is 9.40. The van der Waals surface area contributed by atoms with E-state index in [0.29, 0.717) is 11.7 Å². The molecule has 0 aliphatic carbocycles. The van der Waals surface area contributed by atoms with Crippen molar-refractivity contribution in [1.82, 2.24) is 0 Å². The Labute approximate surface area is 234 Å². The quantitative estimate of drug-likeness (QED) is 0.255. The highest BCUT2D eigenvalue weighted by Gasteiger charge is 2.12. The SMILES string of the molecule is C=Cc1cc(CC)c(C)c(OC)c1.CC.CCC=S(=O)(Cc1ccc(C(C)C)cc1)c1ccc(CC)cc1. The summed E-state index contributed by atoms with van der Waals surface area (Å²) in [6.45, 7) is 20.6. The molecule has 0 radical (unpaired) electrons. The van der Waals surface area contributed by atoms with Crippen molar-refractivity contribution in [2.75, 3.05) is 7.11 Å². The van der Waals surface area contributed by atoms with Crippen molar-refractivity contribution in [3.05, 3.63) is 101 Å². The number of benzene rings is 3. The highest BCUT2D eigenvalue weighted by Crippen LogP contribution is 2.25. The predicted octanol–water partition coefficient (Wildman–Crippen LogP) is 9.66. The monoisotopic (exact) mass is 534 g/mol. The molecule has 0 N–H and O–H groups in total. The first-order valence-electron chi connectivity index (χ1n) is 14.0. The number of hydrogen-bond donors (Lipinski definition) is 0. The molecule has 3 rings (SSSR count). The second kappa shape index (κ2) is 16.9. The molecular weight excluding hydrogens is 484 g/mol.